The van der Waals surface area contributed by atoms with Crippen LogP contribution in [-0.2, 0) is 16.0 Å². The molecule has 2 aromatic carbocycles. The Hall–Kier alpha value is -3.02. The van der Waals surface area contributed by atoms with Crippen molar-refractivity contribution in [3.8, 4) is 11.5 Å². The molecule has 1 saturated heterocycles. The number of nitrogens with zero attached hydrogens (tertiary/aromatic N) is 1. The second kappa shape index (κ2) is 10.8. The second-order valence-electron chi connectivity index (χ2n) is 8.01. The number of likely N-dealkylation sites (tertiary alicyclic amines) is 1. The second-order valence-corrected chi connectivity index (χ2v) is 8.01. The van der Waals surface area contributed by atoms with E-state index in [1.807, 2.05) is 68.1 Å². The maximum atomic E-state index is 12.5. The summed E-state index contributed by atoms with van der Waals surface area (Å²) >= 11 is 0. The van der Waals surface area contributed by atoms with Gasteiger partial charge in [0, 0.05) is 19.1 Å². The lowest BCUT2D eigenvalue weighted by molar-refractivity contribution is -0.134. The number of rotatable bonds is 8. The number of ether oxygens (including phenoxy) is 2. The third-order valence-electron chi connectivity index (χ3n) is 5.65. The lowest BCUT2D eigenvalue weighted by Gasteiger charge is -2.32. The standard InChI is InChI=1S/C25H32N2O4/c1-4-30-22-9-6-20(7-10-22)16-24(28)26-21-11-13-27(14-12-21)25(29)17-31-23-8-5-18(2)19(3)15-23/h5-10,15,21H,4,11-14,16-17H2,1-3H3,(H,26,28). The number of piperidine rings is 1. The van der Waals surface area contributed by atoms with Crippen LogP contribution in [0.1, 0.15) is 36.5 Å². The Kier molecular flexibility index (Phi) is 7.93. The Bertz CT molecular complexity index is 887. The Morgan fingerprint density at radius 3 is 2.29 bits per heavy atom. The van der Waals surface area contributed by atoms with Crippen LogP contribution in [0.25, 0.3) is 0 Å². The van der Waals surface area contributed by atoms with Gasteiger partial charge in [0.25, 0.3) is 5.91 Å². The molecule has 1 fully saturated rings. The highest BCUT2D eigenvalue weighted by Gasteiger charge is 2.24. The molecule has 0 saturated carbocycles. The molecule has 0 aromatic heterocycles. The van der Waals surface area contributed by atoms with Crippen LogP contribution in [0.5, 0.6) is 11.5 Å². The highest BCUT2D eigenvalue weighted by molar-refractivity contribution is 5.79. The van der Waals surface area contributed by atoms with Gasteiger partial charge in [0.05, 0.1) is 13.0 Å². The minimum absolute atomic E-state index is 0.00649. The first kappa shape index (κ1) is 22.7. The fraction of sp³-hybridized carbons (Fsp3) is 0.440. The zero-order valence-electron chi connectivity index (χ0n) is 18.6. The summed E-state index contributed by atoms with van der Waals surface area (Å²) in [5.74, 6) is 1.52. The van der Waals surface area contributed by atoms with Crippen molar-refractivity contribution in [3.63, 3.8) is 0 Å². The zero-order chi connectivity index (χ0) is 22.2. The van der Waals surface area contributed by atoms with Gasteiger partial charge < -0.3 is 19.7 Å². The van der Waals surface area contributed by atoms with Crippen LogP contribution in [0, 0.1) is 13.8 Å². The van der Waals surface area contributed by atoms with Crippen LogP contribution in [0.15, 0.2) is 42.5 Å². The summed E-state index contributed by atoms with van der Waals surface area (Å²) in [6.45, 7) is 7.94. The summed E-state index contributed by atoms with van der Waals surface area (Å²) in [5.41, 5.74) is 3.30. The largest absolute Gasteiger partial charge is 0.494 e. The molecule has 1 N–H and O–H groups in total. The Morgan fingerprint density at radius 2 is 1.65 bits per heavy atom. The number of carbonyl (C=O) groups excluding carboxylic acids is 2. The summed E-state index contributed by atoms with van der Waals surface area (Å²) < 4.78 is 11.1. The molecular formula is C25H32N2O4. The SMILES string of the molecule is CCOc1ccc(CC(=O)NC2CCN(C(=O)COc3ccc(C)c(C)c3)CC2)cc1. The normalized spacial score (nSPS) is 14.2. The van der Waals surface area contributed by atoms with E-state index in [1.165, 1.54) is 5.56 Å². The zero-order valence-corrected chi connectivity index (χ0v) is 18.6. The van der Waals surface area contributed by atoms with Gasteiger partial charge in [-0.2, -0.15) is 0 Å². The highest BCUT2D eigenvalue weighted by Crippen LogP contribution is 2.17. The van der Waals surface area contributed by atoms with Crippen LogP contribution in [0.3, 0.4) is 0 Å². The van der Waals surface area contributed by atoms with E-state index in [1.54, 1.807) is 0 Å². The minimum Gasteiger partial charge on any atom is -0.494 e. The number of carbonyl (C=O) groups is 2. The predicted molar refractivity (Wildman–Crippen MR) is 120 cm³/mol. The van der Waals surface area contributed by atoms with E-state index in [4.69, 9.17) is 9.47 Å². The number of benzene rings is 2. The molecule has 166 valence electrons. The van der Waals surface area contributed by atoms with E-state index in [9.17, 15) is 9.59 Å². The van der Waals surface area contributed by atoms with Crippen molar-refractivity contribution in [2.75, 3.05) is 26.3 Å². The third-order valence-corrected chi connectivity index (χ3v) is 5.65. The van der Waals surface area contributed by atoms with E-state index in [0.29, 0.717) is 31.9 Å². The fourth-order valence-electron chi connectivity index (χ4n) is 3.65. The topological polar surface area (TPSA) is 67.9 Å². The van der Waals surface area contributed by atoms with Gasteiger partial charge in [0.2, 0.25) is 5.91 Å². The van der Waals surface area contributed by atoms with E-state index >= 15 is 0 Å². The van der Waals surface area contributed by atoms with E-state index in [0.717, 1.165) is 29.7 Å². The van der Waals surface area contributed by atoms with Crippen molar-refractivity contribution in [2.45, 2.75) is 46.1 Å². The van der Waals surface area contributed by atoms with Gasteiger partial charge >= 0.3 is 0 Å². The molecule has 2 amide bonds. The molecule has 0 aliphatic carbocycles. The summed E-state index contributed by atoms with van der Waals surface area (Å²) in [6, 6.07) is 13.5. The van der Waals surface area contributed by atoms with Crippen LogP contribution in [0.4, 0.5) is 0 Å². The molecule has 1 aliphatic heterocycles. The first-order valence-electron chi connectivity index (χ1n) is 10.9. The molecule has 31 heavy (non-hydrogen) atoms. The number of hydrogen-bond acceptors (Lipinski definition) is 4. The molecule has 3 rings (SSSR count). The molecule has 0 bridgehead atoms. The van der Waals surface area contributed by atoms with E-state index < -0.39 is 0 Å². The number of hydrogen-bond donors (Lipinski definition) is 1. The van der Waals surface area contributed by atoms with Crippen molar-refractivity contribution in [2.24, 2.45) is 0 Å². The molecule has 0 spiro atoms. The summed E-state index contributed by atoms with van der Waals surface area (Å²) in [6.07, 6.45) is 1.85. The van der Waals surface area contributed by atoms with Crippen molar-refractivity contribution < 1.29 is 19.1 Å². The minimum atomic E-state index is -0.0163. The predicted octanol–water partition coefficient (Wildman–Crippen LogP) is 3.43. The Morgan fingerprint density at radius 1 is 0.968 bits per heavy atom. The van der Waals surface area contributed by atoms with Crippen molar-refractivity contribution >= 4 is 11.8 Å². The van der Waals surface area contributed by atoms with Gasteiger partial charge in [0.15, 0.2) is 6.61 Å². The van der Waals surface area contributed by atoms with Crippen molar-refractivity contribution in [3.05, 3.63) is 59.2 Å². The molecule has 0 radical (unpaired) electrons. The van der Waals surface area contributed by atoms with Crippen molar-refractivity contribution in [1.82, 2.24) is 10.2 Å². The molecule has 1 aliphatic rings. The number of amides is 2. The monoisotopic (exact) mass is 424 g/mol. The van der Waals surface area contributed by atoms with Crippen LogP contribution in [-0.4, -0.2) is 49.1 Å². The molecule has 1 heterocycles. The maximum Gasteiger partial charge on any atom is 0.260 e. The third kappa shape index (κ3) is 6.74. The average molecular weight is 425 g/mol. The maximum absolute atomic E-state index is 12.5. The van der Waals surface area contributed by atoms with Crippen LogP contribution < -0.4 is 14.8 Å². The van der Waals surface area contributed by atoms with E-state index in [-0.39, 0.29) is 24.5 Å². The highest BCUT2D eigenvalue weighted by atomic mass is 16.5. The molecule has 0 unspecified atom stereocenters. The average Bonchev–Trinajstić information content (AvgIpc) is 2.76. The molecule has 6 heteroatoms. The van der Waals surface area contributed by atoms with Crippen LogP contribution >= 0.6 is 0 Å². The van der Waals surface area contributed by atoms with E-state index in [2.05, 4.69) is 5.32 Å². The van der Waals surface area contributed by atoms with Gasteiger partial charge in [-0.1, -0.05) is 18.2 Å². The molecule has 6 nitrogen and oxygen atoms in total. The van der Waals surface area contributed by atoms with Gasteiger partial charge in [0.1, 0.15) is 11.5 Å². The fourth-order valence-corrected chi connectivity index (χ4v) is 3.65. The van der Waals surface area contributed by atoms with Gasteiger partial charge in [-0.25, -0.2) is 0 Å². The van der Waals surface area contributed by atoms with Crippen molar-refractivity contribution in [1.29, 1.82) is 0 Å². The molecule has 0 atom stereocenters. The molecular weight excluding hydrogens is 392 g/mol. The lowest BCUT2D eigenvalue weighted by Crippen LogP contribution is -2.48. The van der Waals surface area contributed by atoms with Gasteiger partial charge in [-0.15, -0.1) is 0 Å². The Labute approximate surface area is 184 Å². The number of aryl methyl sites for hydroxylation is 2. The number of nitrogens with one attached hydrogen (secondary N) is 1. The first-order valence-corrected chi connectivity index (χ1v) is 10.9. The van der Waals surface area contributed by atoms with Gasteiger partial charge in [-0.05, 0) is 74.6 Å². The summed E-state index contributed by atoms with van der Waals surface area (Å²) in [7, 11) is 0. The Balaban J connectivity index is 1.38. The smallest absolute Gasteiger partial charge is 0.260 e. The first-order chi connectivity index (χ1) is 14.9. The quantitative estimate of drug-likeness (QED) is 0.705. The van der Waals surface area contributed by atoms with Gasteiger partial charge in [-0.3, -0.25) is 9.59 Å². The molecule has 2 aromatic rings. The van der Waals surface area contributed by atoms with Crippen LogP contribution in [0.2, 0.25) is 0 Å². The summed E-state index contributed by atoms with van der Waals surface area (Å²) in [5, 5.41) is 3.10. The lowest BCUT2D eigenvalue weighted by atomic mass is 10.0. The summed E-state index contributed by atoms with van der Waals surface area (Å²) in [4.78, 5) is 26.7.